The summed E-state index contributed by atoms with van der Waals surface area (Å²) in [6.07, 6.45) is 2.90. The van der Waals surface area contributed by atoms with E-state index in [2.05, 4.69) is 20.3 Å². The van der Waals surface area contributed by atoms with E-state index in [0.29, 0.717) is 10.7 Å². The predicted octanol–water partition coefficient (Wildman–Crippen LogP) is 1.14. The van der Waals surface area contributed by atoms with Crippen LogP contribution in [0.25, 0.3) is 11.0 Å². The zero-order valence-corrected chi connectivity index (χ0v) is 13.0. The Morgan fingerprint density at radius 3 is 2.86 bits per heavy atom. The van der Waals surface area contributed by atoms with Gasteiger partial charge >= 0.3 is 0 Å². The molecule has 2 fully saturated rings. The molecule has 8 heteroatoms. The van der Waals surface area contributed by atoms with Crippen LogP contribution in [0.1, 0.15) is 25.5 Å². The predicted molar refractivity (Wildman–Crippen MR) is 79.5 cm³/mol. The largest absolute Gasteiger partial charge is 0.395 e. The second kappa shape index (κ2) is 4.87. The molecular formula is C14H17ClN4O3. The number of fused-ring (bicyclic) bond motifs is 2. The number of nitrogens with one attached hydrogen (secondary N) is 2. The quantitative estimate of drug-likeness (QED) is 0.717. The van der Waals surface area contributed by atoms with E-state index in [0.717, 1.165) is 11.1 Å². The maximum absolute atomic E-state index is 9.60. The molecule has 0 saturated carbocycles. The summed E-state index contributed by atoms with van der Waals surface area (Å²) in [6, 6.07) is -0.317. The zero-order valence-electron chi connectivity index (χ0n) is 12.2. The van der Waals surface area contributed by atoms with Gasteiger partial charge in [0.05, 0.1) is 24.2 Å². The standard InChI is InChI=1S/C14H17ClN4O3/c1-14(2)21-11-7(4-20)19-9(12(11)22-14)6-3-16-10-8(6)17-5-18-13(10)15/h3,5,7,9,11-12,16,19-20H,4H2,1-2H3/t7-,9+,11-,12+/m1/s1. The Hall–Kier alpha value is -1.25. The fourth-order valence-corrected chi connectivity index (χ4v) is 3.58. The first-order valence-electron chi connectivity index (χ1n) is 7.20. The van der Waals surface area contributed by atoms with Crippen LogP contribution >= 0.6 is 11.6 Å². The van der Waals surface area contributed by atoms with Crippen molar-refractivity contribution >= 4 is 22.6 Å². The Balaban J connectivity index is 1.77. The van der Waals surface area contributed by atoms with Crippen LogP contribution in [-0.4, -0.2) is 50.7 Å². The molecule has 7 nitrogen and oxygen atoms in total. The van der Waals surface area contributed by atoms with Crippen LogP contribution in [0.3, 0.4) is 0 Å². The van der Waals surface area contributed by atoms with Crippen LogP contribution in [0.5, 0.6) is 0 Å². The van der Waals surface area contributed by atoms with Gasteiger partial charge in [-0.3, -0.25) is 0 Å². The van der Waals surface area contributed by atoms with Crippen molar-refractivity contribution in [1.82, 2.24) is 20.3 Å². The molecule has 2 aliphatic rings. The number of nitrogens with zero attached hydrogens (tertiary/aromatic N) is 2. The van der Waals surface area contributed by atoms with Gasteiger partial charge in [-0.25, -0.2) is 9.97 Å². The molecule has 0 unspecified atom stereocenters. The molecule has 2 aliphatic heterocycles. The summed E-state index contributed by atoms with van der Waals surface area (Å²) in [5, 5.41) is 13.4. The Kier molecular flexibility index (Phi) is 3.18. The first-order chi connectivity index (χ1) is 10.5. The van der Waals surface area contributed by atoms with Gasteiger partial charge in [-0.2, -0.15) is 0 Å². The highest BCUT2D eigenvalue weighted by molar-refractivity contribution is 6.33. The molecule has 0 radical (unpaired) electrons. The summed E-state index contributed by atoms with van der Waals surface area (Å²) >= 11 is 6.09. The van der Waals surface area contributed by atoms with Gasteiger partial charge in [-0.15, -0.1) is 0 Å². The van der Waals surface area contributed by atoms with Gasteiger partial charge in [0.2, 0.25) is 0 Å². The minimum atomic E-state index is -0.665. The zero-order chi connectivity index (χ0) is 15.5. The number of H-pyrrole nitrogens is 1. The lowest BCUT2D eigenvalue weighted by Crippen LogP contribution is -2.38. The molecule has 4 heterocycles. The molecule has 0 aliphatic carbocycles. The normalized spacial score (nSPS) is 33.5. The van der Waals surface area contributed by atoms with E-state index in [-0.39, 0.29) is 30.9 Å². The summed E-state index contributed by atoms with van der Waals surface area (Å²) in [5.74, 6) is -0.665. The first-order valence-corrected chi connectivity index (χ1v) is 7.58. The van der Waals surface area contributed by atoms with E-state index in [9.17, 15) is 5.11 Å². The number of hydrogen-bond donors (Lipinski definition) is 3. The van der Waals surface area contributed by atoms with Gasteiger partial charge in [0, 0.05) is 11.8 Å². The molecule has 0 spiro atoms. The lowest BCUT2D eigenvalue weighted by molar-refractivity contribution is -0.157. The van der Waals surface area contributed by atoms with Gasteiger partial charge in [0.1, 0.15) is 24.1 Å². The minimum Gasteiger partial charge on any atom is -0.395 e. The topological polar surface area (TPSA) is 92.3 Å². The molecule has 2 saturated heterocycles. The molecule has 0 bridgehead atoms. The van der Waals surface area contributed by atoms with Gasteiger partial charge in [-0.1, -0.05) is 11.6 Å². The second-order valence-corrected chi connectivity index (χ2v) is 6.49. The summed E-state index contributed by atoms with van der Waals surface area (Å²) in [7, 11) is 0. The smallest absolute Gasteiger partial charge is 0.163 e. The number of aromatic amines is 1. The van der Waals surface area contributed by atoms with Gasteiger partial charge in [0.15, 0.2) is 10.9 Å². The number of aliphatic hydroxyl groups is 1. The highest BCUT2D eigenvalue weighted by Crippen LogP contribution is 2.42. The van der Waals surface area contributed by atoms with Crippen LogP contribution in [-0.2, 0) is 9.47 Å². The van der Waals surface area contributed by atoms with Crippen molar-refractivity contribution in [2.45, 2.75) is 43.9 Å². The SMILES string of the molecule is CC1(C)O[C@@H]2[C@H](O1)[C@@H](CO)N[C@H]2c1c[nH]c2c(Cl)ncnc12. The molecule has 0 aromatic carbocycles. The molecule has 0 amide bonds. The fourth-order valence-electron chi connectivity index (χ4n) is 3.40. The van der Waals surface area contributed by atoms with Crippen molar-refractivity contribution in [2.24, 2.45) is 0 Å². The maximum atomic E-state index is 9.60. The molecule has 2 aromatic rings. The lowest BCUT2D eigenvalue weighted by Gasteiger charge is -2.23. The number of hydrogen-bond acceptors (Lipinski definition) is 6. The van der Waals surface area contributed by atoms with Gasteiger partial charge in [-0.05, 0) is 13.8 Å². The molecule has 22 heavy (non-hydrogen) atoms. The third-order valence-corrected chi connectivity index (χ3v) is 4.55. The van der Waals surface area contributed by atoms with Crippen LogP contribution < -0.4 is 5.32 Å². The molecular weight excluding hydrogens is 308 g/mol. The molecule has 4 atom stereocenters. The summed E-state index contributed by atoms with van der Waals surface area (Å²) < 4.78 is 12.0. The van der Waals surface area contributed by atoms with E-state index in [1.165, 1.54) is 6.33 Å². The summed E-state index contributed by atoms with van der Waals surface area (Å²) in [4.78, 5) is 11.4. The number of aromatic nitrogens is 3. The van der Waals surface area contributed by atoms with E-state index in [4.69, 9.17) is 21.1 Å². The minimum absolute atomic E-state index is 0.0186. The Morgan fingerprint density at radius 1 is 1.32 bits per heavy atom. The first kappa shape index (κ1) is 14.3. The summed E-state index contributed by atoms with van der Waals surface area (Å²) in [5.41, 5.74) is 2.39. The van der Waals surface area contributed by atoms with E-state index in [1.54, 1.807) is 0 Å². The number of ether oxygens (including phenoxy) is 2. The summed E-state index contributed by atoms with van der Waals surface area (Å²) in [6.45, 7) is 3.74. The average Bonchev–Trinajstić information content (AvgIpc) is 3.10. The van der Waals surface area contributed by atoms with Crippen molar-refractivity contribution in [3.63, 3.8) is 0 Å². The van der Waals surface area contributed by atoms with E-state index < -0.39 is 5.79 Å². The van der Waals surface area contributed by atoms with Crippen molar-refractivity contribution < 1.29 is 14.6 Å². The van der Waals surface area contributed by atoms with Crippen molar-refractivity contribution in [2.75, 3.05) is 6.61 Å². The average molecular weight is 325 g/mol. The Bertz CT molecular complexity index is 719. The van der Waals surface area contributed by atoms with Gasteiger partial charge in [0.25, 0.3) is 0 Å². The lowest BCUT2D eigenvalue weighted by atomic mass is 10.0. The molecule has 4 rings (SSSR count). The Morgan fingerprint density at radius 2 is 2.09 bits per heavy atom. The third kappa shape index (κ3) is 2.04. The number of aliphatic hydroxyl groups excluding tert-OH is 1. The third-order valence-electron chi connectivity index (χ3n) is 4.26. The highest BCUT2D eigenvalue weighted by Gasteiger charge is 2.54. The van der Waals surface area contributed by atoms with E-state index in [1.807, 2.05) is 20.0 Å². The van der Waals surface area contributed by atoms with Crippen LogP contribution in [0.4, 0.5) is 0 Å². The highest BCUT2D eigenvalue weighted by atomic mass is 35.5. The van der Waals surface area contributed by atoms with Crippen LogP contribution in [0, 0.1) is 0 Å². The molecule has 118 valence electrons. The monoisotopic (exact) mass is 324 g/mol. The second-order valence-electron chi connectivity index (χ2n) is 6.13. The molecule has 2 aromatic heterocycles. The van der Waals surface area contributed by atoms with E-state index >= 15 is 0 Å². The van der Waals surface area contributed by atoms with Crippen molar-refractivity contribution in [1.29, 1.82) is 0 Å². The molecule has 3 N–H and O–H groups in total. The Labute approximate surface area is 132 Å². The number of halogens is 1. The van der Waals surface area contributed by atoms with Gasteiger partial charge < -0.3 is 24.9 Å². The fraction of sp³-hybridized carbons (Fsp3) is 0.571. The van der Waals surface area contributed by atoms with Crippen molar-refractivity contribution in [3.05, 3.63) is 23.2 Å². The van der Waals surface area contributed by atoms with Crippen molar-refractivity contribution in [3.8, 4) is 0 Å². The van der Waals surface area contributed by atoms with Crippen LogP contribution in [0.2, 0.25) is 5.15 Å². The maximum Gasteiger partial charge on any atom is 0.163 e. The van der Waals surface area contributed by atoms with Crippen LogP contribution in [0.15, 0.2) is 12.5 Å². The number of rotatable bonds is 2.